The van der Waals surface area contributed by atoms with Gasteiger partial charge in [-0.15, -0.1) is 0 Å². The number of hydrogen-bond acceptors (Lipinski definition) is 7. The van der Waals surface area contributed by atoms with Crippen LogP contribution in [0.3, 0.4) is 0 Å². The third kappa shape index (κ3) is 4.44. The van der Waals surface area contributed by atoms with Crippen LogP contribution in [0.15, 0.2) is 52.3 Å². The average molecular weight is 428 g/mol. The van der Waals surface area contributed by atoms with Crippen molar-refractivity contribution in [3.05, 3.63) is 59.3 Å². The highest BCUT2D eigenvalue weighted by Gasteiger charge is 2.44. The molecule has 0 saturated heterocycles. The smallest absolute Gasteiger partial charge is 0.290 e. The summed E-state index contributed by atoms with van der Waals surface area (Å²) in [5.74, 6) is -1.52. The van der Waals surface area contributed by atoms with E-state index in [0.717, 1.165) is 13.1 Å². The summed E-state index contributed by atoms with van der Waals surface area (Å²) in [7, 11) is 0. The van der Waals surface area contributed by atoms with Crippen LogP contribution >= 0.6 is 0 Å². The van der Waals surface area contributed by atoms with Gasteiger partial charge >= 0.3 is 0 Å². The Kier molecular flexibility index (Phi) is 7.02. The predicted octanol–water partition coefficient (Wildman–Crippen LogP) is 3.30. The van der Waals surface area contributed by atoms with E-state index in [9.17, 15) is 19.8 Å². The van der Waals surface area contributed by atoms with Gasteiger partial charge in [0, 0.05) is 13.1 Å². The summed E-state index contributed by atoms with van der Waals surface area (Å²) in [6.45, 7) is 8.72. The largest absolute Gasteiger partial charge is 0.504 e. The van der Waals surface area contributed by atoms with Crippen LogP contribution in [-0.2, 0) is 4.79 Å². The molecule has 0 radical (unpaired) electrons. The number of hydrogen-bond donors (Lipinski definition) is 2. The maximum Gasteiger partial charge on any atom is 0.290 e. The first kappa shape index (κ1) is 22.4. The normalized spacial score (nSPS) is 16.5. The molecule has 1 amide bonds. The number of aliphatic hydroxyl groups is 1. The molecule has 8 heteroatoms. The number of amides is 1. The van der Waals surface area contributed by atoms with Crippen molar-refractivity contribution in [1.82, 2.24) is 9.80 Å². The lowest BCUT2D eigenvalue weighted by atomic mass is 9.94. The third-order valence-electron chi connectivity index (χ3n) is 5.44. The highest BCUT2D eigenvalue weighted by molar-refractivity contribution is 6.15. The fourth-order valence-corrected chi connectivity index (χ4v) is 3.76. The Morgan fingerprint density at radius 3 is 2.55 bits per heavy atom. The monoisotopic (exact) mass is 428 g/mol. The zero-order valence-corrected chi connectivity index (χ0v) is 18.0. The minimum Gasteiger partial charge on any atom is -0.504 e. The summed E-state index contributed by atoms with van der Waals surface area (Å²) >= 11 is 0. The summed E-state index contributed by atoms with van der Waals surface area (Å²) in [6.07, 6.45) is 1.36. The molecule has 2 aromatic rings. The van der Waals surface area contributed by atoms with Crippen molar-refractivity contribution in [2.75, 3.05) is 32.8 Å². The minimum absolute atomic E-state index is 0.0359. The number of aliphatic hydroxyl groups excluding tert-OH is 1. The van der Waals surface area contributed by atoms with Gasteiger partial charge in [-0.1, -0.05) is 19.9 Å². The average Bonchev–Trinajstić information content (AvgIpc) is 3.39. The molecule has 1 aliphatic rings. The fraction of sp³-hybridized carbons (Fsp3) is 0.391. The van der Waals surface area contributed by atoms with Gasteiger partial charge in [0.2, 0.25) is 5.78 Å². The van der Waals surface area contributed by atoms with Crippen LogP contribution in [0.5, 0.6) is 11.5 Å². The van der Waals surface area contributed by atoms with Crippen molar-refractivity contribution < 1.29 is 29.0 Å². The van der Waals surface area contributed by atoms with Gasteiger partial charge in [0.05, 0.1) is 24.5 Å². The maximum absolute atomic E-state index is 13.1. The number of likely N-dealkylation sites (N-methyl/N-ethyl adjacent to an activating group) is 1. The molecule has 8 nitrogen and oxygen atoms in total. The molecular weight excluding hydrogens is 400 g/mol. The molecule has 0 saturated carbocycles. The third-order valence-corrected chi connectivity index (χ3v) is 5.44. The van der Waals surface area contributed by atoms with Gasteiger partial charge in [0.25, 0.3) is 5.91 Å². The second-order valence-electron chi connectivity index (χ2n) is 7.16. The lowest BCUT2D eigenvalue weighted by molar-refractivity contribution is -0.129. The van der Waals surface area contributed by atoms with Crippen LogP contribution in [0.2, 0.25) is 0 Å². The molecular formula is C23H28N2O6. The van der Waals surface area contributed by atoms with Crippen molar-refractivity contribution in [2.24, 2.45) is 0 Å². The zero-order chi connectivity index (χ0) is 22.5. The van der Waals surface area contributed by atoms with Crippen LogP contribution in [0, 0.1) is 0 Å². The summed E-state index contributed by atoms with van der Waals surface area (Å²) in [6, 6.07) is 6.90. The van der Waals surface area contributed by atoms with E-state index in [0.29, 0.717) is 25.3 Å². The fourth-order valence-electron chi connectivity index (χ4n) is 3.76. The number of phenolic OH excluding ortho intramolecular Hbond substituents is 1. The molecule has 2 heterocycles. The summed E-state index contributed by atoms with van der Waals surface area (Å²) in [4.78, 5) is 29.7. The second-order valence-corrected chi connectivity index (χ2v) is 7.16. The first-order chi connectivity index (χ1) is 14.9. The van der Waals surface area contributed by atoms with E-state index in [1.807, 2.05) is 13.8 Å². The van der Waals surface area contributed by atoms with Gasteiger partial charge in [-0.2, -0.15) is 0 Å². The number of ketones is 1. The standard InChI is InChI=1S/C23H28N2O6/c1-4-24(5-2)11-12-25-20(15-9-10-16(26)18(14-15)30-6-3)19(22(28)23(25)29)21(27)17-8-7-13-31-17/h7-10,13-14,20,26,28H,4-6,11-12H2,1-3H3. The number of carbonyl (C=O) groups excluding carboxylic acids is 2. The van der Waals surface area contributed by atoms with Crippen LogP contribution in [0.25, 0.3) is 0 Å². The lowest BCUT2D eigenvalue weighted by Gasteiger charge is -2.29. The van der Waals surface area contributed by atoms with E-state index in [2.05, 4.69) is 4.90 Å². The molecule has 1 aromatic heterocycles. The number of ether oxygens (including phenoxy) is 1. The van der Waals surface area contributed by atoms with E-state index in [4.69, 9.17) is 9.15 Å². The van der Waals surface area contributed by atoms with Gasteiger partial charge in [-0.25, -0.2) is 0 Å². The number of benzene rings is 1. The first-order valence-electron chi connectivity index (χ1n) is 10.4. The molecule has 3 rings (SSSR count). The van der Waals surface area contributed by atoms with E-state index in [1.165, 1.54) is 23.3 Å². The van der Waals surface area contributed by atoms with Crippen LogP contribution in [-0.4, -0.2) is 64.5 Å². The van der Waals surface area contributed by atoms with Crippen molar-refractivity contribution in [2.45, 2.75) is 26.8 Å². The maximum atomic E-state index is 13.1. The minimum atomic E-state index is -0.833. The van der Waals surface area contributed by atoms with Crippen molar-refractivity contribution in [3.63, 3.8) is 0 Å². The number of nitrogens with zero attached hydrogens (tertiary/aromatic N) is 2. The van der Waals surface area contributed by atoms with Crippen molar-refractivity contribution in [1.29, 1.82) is 0 Å². The molecule has 166 valence electrons. The molecule has 1 unspecified atom stereocenters. The molecule has 31 heavy (non-hydrogen) atoms. The predicted molar refractivity (Wildman–Crippen MR) is 114 cm³/mol. The molecule has 0 spiro atoms. The van der Waals surface area contributed by atoms with E-state index >= 15 is 0 Å². The highest BCUT2D eigenvalue weighted by Crippen LogP contribution is 2.41. The number of furan rings is 1. The number of carbonyl (C=O) groups is 2. The van der Waals surface area contributed by atoms with Crippen molar-refractivity contribution >= 4 is 11.7 Å². The van der Waals surface area contributed by atoms with Gasteiger partial charge in [-0.05, 0) is 49.8 Å². The van der Waals surface area contributed by atoms with E-state index in [-0.39, 0.29) is 22.8 Å². The van der Waals surface area contributed by atoms with Crippen LogP contribution in [0.4, 0.5) is 0 Å². The summed E-state index contributed by atoms with van der Waals surface area (Å²) < 4.78 is 10.7. The summed E-state index contributed by atoms with van der Waals surface area (Å²) in [5.41, 5.74) is 0.501. The number of Topliss-reactive ketones (excluding diaryl/α,β-unsaturated/α-hetero) is 1. The summed E-state index contributed by atoms with van der Waals surface area (Å²) in [5, 5.41) is 20.8. The van der Waals surface area contributed by atoms with Crippen LogP contribution < -0.4 is 4.74 Å². The highest BCUT2D eigenvalue weighted by atomic mass is 16.5. The number of rotatable bonds is 10. The van der Waals surface area contributed by atoms with E-state index < -0.39 is 23.5 Å². The number of phenols is 1. The molecule has 0 aliphatic carbocycles. The van der Waals surface area contributed by atoms with Gasteiger partial charge < -0.3 is 29.2 Å². The molecule has 0 bridgehead atoms. The van der Waals surface area contributed by atoms with Crippen molar-refractivity contribution in [3.8, 4) is 11.5 Å². The molecule has 0 fully saturated rings. The lowest BCUT2D eigenvalue weighted by Crippen LogP contribution is -2.38. The van der Waals surface area contributed by atoms with Gasteiger partial charge in [0.1, 0.15) is 0 Å². The Bertz CT molecular complexity index is 962. The Hall–Kier alpha value is -3.26. The topological polar surface area (TPSA) is 103 Å². The zero-order valence-electron chi connectivity index (χ0n) is 18.0. The number of aromatic hydroxyl groups is 1. The SMILES string of the molecule is CCOc1cc(C2C(C(=O)c3ccco3)=C(O)C(=O)N2CCN(CC)CC)ccc1O. The molecule has 1 aliphatic heterocycles. The molecule has 2 N–H and O–H groups in total. The quantitative estimate of drug-likeness (QED) is 0.560. The Balaban J connectivity index is 2.05. The van der Waals surface area contributed by atoms with Crippen LogP contribution in [0.1, 0.15) is 42.9 Å². The van der Waals surface area contributed by atoms with E-state index in [1.54, 1.807) is 25.1 Å². The Morgan fingerprint density at radius 2 is 1.94 bits per heavy atom. The van der Waals surface area contributed by atoms with Gasteiger partial charge in [0.15, 0.2) is 23.0 Å². The Labute approximate surface area is 181 Å². The second kappa shape index (κ2) is 9.70. The Morgan fingerprint density at radius 1 is 1.19 bits per heavy atom. The molecule has 1 aromatic carbocycles. The van der Waals surface area contributed by atoms with Gasteiger partial charge in [-0.3, -0.25) is 9.59 Å². The first-order valence-corrected chi connectivity index (χ1v) is 10.4. The molecule has 1 atom stereocenters.